The molecule has 0 saturated carbocycles. The van der Waals surface area contributed by atoms with Crippen molar-refractivity contribution < 1.29 is 24.1 Å². The molecule has 0 bridgehead atoms. The van der Waals surface area contributed by atoms with Gasteiger partial charge < -0.3 is 19.2 Å². The summed E-state index contributed by atoms with van der Waals surface area (Å²) in [5.41, 5.74) is -0.0166. The number of unbranched alkanes of at least 4 members (excludes halogenated alkanes) is 1. The molecular formula is C18H28BNO6. The summed E-state index contributed by atoms with van der Waals surface area (Å²) in [6.07, 6.45) is 1.30. The molecule has 26 heavy (non-hydrogen) atoms. The predicted molar refractivity (Wildman–Crippen MR) is 99.4 cm³/mol. The first-order valence-corrected chi connectivity index (χ1v) is 8.99. The van der Waals surface area contributed by atoms with E-state index in [1.54, 1.807) is 18.2 Å². The number of hydrogen-bond donors (Lipinski definition) is 1. The molecule has 0 aliphatic carbocycles. The van der Waals surface area contributed by atoms with Gasteiger partial charge in [-0.3, -0.25) is 10.1 Å². The summed E-state index contributed by atoms with van der Waals surface area (Å²) < 4.78 is 17.5. The Labute approximate surface area is 154 Å². The lowest BCUT2D eigenvalue weighted by molar-refractivity contribution is -0.490. The minimum absolute atomic E-state index is 0.381. The number of ether oxygens (including phenoxy) is 2. The van der Waals surface area contributed by atoms with Gasteiger partial charge in [-0.2, -0.15) is 0 Å². The molecule has 0 amide bonds. The van der Waals surface area contributed by atoms with Crippen LogP contribution in [0.2, 0.25) is 0 Å². The molecule has 1 N–H and O–H groups in total. The van der Waals surface area contributed by atoms with Crippen LogP contribution in [0.25, 0.3) is 0 Å². The Bertz CT molecular complexity index is 649. The van der Waals surface area contributed by atoms with Crippen LogP contribution in [0.1, 0.15) is 59.1 Å². The van der Waals surface area contributed by atoms with E-state index < -0.39 is 29.3 Å². The fourth-order valence-corrected chi connectivity index (χ4v) is 2.77. The lowest BCUT2D eigenvalue weighted by Crippen LogP contribution is -2.51. The second-order valence-corrected chi connectivity index (χ2v) is 7.61. The van der Waals surface area contributed by atoms with Crippen LogP contribution in [-0.4, -0.2) is 41.4 Å². The first-order valence-electron chi connectivity index (χ1n) is 8.99. The van der Waals surface area contributed by atoms with Crippen LogP contribution in [0.5, 0.6) is 5.75 Å². The third-order valence-electron chi connectivity index (χ3n) is 5.06. The molecule has 144 valence electrons. The molecule has 0 spiro atoms. The molecule has 1 atom stereocenters. The fourth-order valence-electron chi connectivity index (χ4n) is 2.77. The van der Waals surface area contributed by atoms with Gasteiger partial charge in [0.25, 0.3) is 0 Å². The second-order valence-electron chi connectivity index (χ2n) is 7.61. The topological polar surface area (TPSA) is 91.1 Å². The zero-order chi connectivity index (χ0) is 19.5. The van der Waals surface area contributed by atoms with Crippen LogP contribution in [-0.2, 0) is 9.39 Å². The third kappa shape index (κ3) is 4.55. The summed E-state index contributed by atoms with van der Waals surface area (Å²) in [4.78, 5) is 10.3. The fraction of sp³-hybridized carbons (Fsp3) is 0.667. The average Bonchev–Trinajstić information content (AvgIpc) is 2.82. The van der Waals surface area contributed by atoms with Crippen LogP contribution < -0.4 is 10.2 Å². The van der Waals surface area contributed by atoms with E-state index in [4.69, 9.17) is 14.1 Å². The number of nitrogens with zero attached hydrogens (tertiary/aromatic N) is 1. The van der Waals surface area contributed by atoms with Gasteiger partial charge in [0.1, 0.15) is 23.1 Å². The van der Waals surface area contributed by atoms with Crippen LogP contribution in [0.4, 0.5) is 0 Å². The predicted octanol–water partition coefficient (Wildman–Crippen LogP) is 2.47. The van der Waals surface area contributed by atoms with Crippen molar-refractivity contribution in [2.24, 2.45) is 0 Å². The molecule has 0 aromatic heterocycles. The molecule has 2 rings (SSSR count). The van der Waals surface area contributed by atoms with Crippen LogP contribution in [0.15, 0.2) is 18.2 Å². The molecule has 1 aromatic carbocycles. The quantitative estimate of drug-likeness (QED) is 0.313. The molecule has 1 aromatic rings. The summed E-state index contributed by atoms with van der Waals surface area (Å²) in [5, 5.41) is 20.8. The Balaban J connectivity index is 2.15. The zero-order valence-electron chi connectivity index (χ0n) is 16.2. The molecule has 0 saturated heterocycles. The Kier molecular flexibility index (Phi) is 6.31. The third-order valence-corrected chi connectivity index (χ3v) is 5.06. The Hall–Kier alpha value is -1.64. The molecule has 1 aliphatic heterocycles. The minimum Gasteiger partial charge on any atom is -0.485 e. The van der Waals surface area contributed by atoms with Gasteiger partial charge in [-0.1, -0.05) is 19.4 Å². The number of nitro groups is 1. The van der Waals surface area contributed by atoms with Crippen molar-refractivity contribution in [3.8, 4) is 5.75 Å². The monoisotopic (exact) mass is 365 g/mol. The highest BCUT2D eigenvalue weighted by Gasteiger charge is 2.42. The maximum atomic E-state index is 10.8. The highest BCUT2D eigenvalue weighted by atomic mass is 16.6. The van der Waals surface area contributed by atoms with Gasteiger partial charge >= 0.3 is 7.12 Å². The van der Waals surface area contributed by atoms with Gasteiger partial charge in [-0.25, -0.2) is 0 Å². The highest BCUT2D eigenvalue weighted by Crippen LogP contribution is 2.33. The van der Waals surface area contributed by atoms with Gasteiger partial charge in [0.2, 0.25) is 6.54 Å². The summed E-state index contributed by atoms with van der Waals surface area (Å²) in [6.45, 7) is 10.3. The molecule has 7 nitrogen and oxygen atoms in total. The standard InChI is InChI=1S/C18H28BNO6/c1-6-7-10-24-17(2,3)18(4,5)25-13-8-9-14-15(11-13)19(21)26-16(14)12-20(22)23/h8-9,11,16,21H,6-7,10,12H2,1-5H3. The molecule has 0 fully saturated rings. The van der Waals surface area contributed by atoms with Crippen LogP contribution in [0, 0.1) is 10.1 Å². The first-order chi connectivity index (χ1) is 12.1. The molecular weight excluding hydrogens is 337 g/mol. The highest BCUT2D eigenvalue weighted by molar-refractivity contribution is 6.61. The van der Waals surface area contributed by atoms with Gasteiger partial charge in [0, 0.05) is 11.5 Å². The SMILES string of the molecule is CCCCOC(C)(C)C(C)(C)Oc1ccc2c(c1)B(O)OC2C[N+](=O)[O-]. The Morgan fingerprint density at radius 3 is 2.62 bits per heavy atom. The maximum Gasteiger partial charge on any atom is 0.492 e. The molecule has 1 unspecified atom stereocenters. The van der Waals surface area contributed by atoms with Gasteiger partial charge in [0.05, 0.1) is 0 Å². The van der Waals surface area contributed by atoms with Crippen molar-refractivity contribution in [3.63, 3.8) is 0 Å². The normalized spacial score (nSPS) is 17.3. The van der Waals surface area contributed by atoms with E-state index in [0.29, 0.717) is 23.4 Å². The van der Waals surface area contributed by atoms with Gasteiger partial charge in [0.15, 0.2) is 0 Å². The smallest absolute Gasteiger partial charge is 0.485 e. The van der Waals surface area contributed by atoms with E-state index in [-0.39, 0.29) is 6.54 Å². The number of benzene rings is 1. The van der Waals surface area contributed by atoms with E-state index in [9.17, 15) is 15.1 Å². The Morgan fingerprint density at radius 1 is 1.31 bits per heavy atom. The van der Waals surface area contributed by atoms with Gasteiger partial charge in [-0.05, 0) is 57.3 Å². The van der Waals surface area contributed by atoms with Crippen LogP contribution >= 0.6 is 0 Å². The van der Waals surface area contributed by atoms with E-state index >= 15 is 0 Å². The molecule has 8 heteroatoms. The molecule has 0 radical (unpaired) electrons. The summed E-state index contributed by atoms with van der Waals surface area (Å²) in [5.74, 6) is 0.560. The van der Waals surface area contributed by atoms with Gasteiger partial charge in [-0.15, -0.1) is 0 Å². The van der Waals surface area contributed by atoms with E-state index in [0.717, 1.165) is 12.8 Å². The van der Waals surface area contributed by atoms with Crippen molar-refractivity contribution in [2.75, 3.05) is 13.2 Å². The summed E-state index contributed by atoms with van der Waals surface area (Å²) in [7, 11) is -1.18. The summed E-state index contributed by atoms with van der Waals surface area (Å²) in [6, 6.07) is 5.15. The van der Waals surface area contributed by atoms with Crippen LogP contribution in [0.3, 0.4) is 0 Å². The van der Waals surface area contributed by atoms with Crippen molar-refractivity contribution in [2.45, 2.75) is 64.8 Å². The number of fused-ring (bicyclic) bond motifs is 1. The Morgan fingerprint density at radius 2 is 2.00 bits per heavy atom. The van der Waals surface area contributed by atoms with E-state index in [2.05, 4.69) is 6.92 Å². The maximum absolute atomic E-state index is 10.8. The molecule has 1 heterocycles. The number of hydrogen-bond acceptors (Lipinski definition) is 6. The summed E-state index contributed by atoms with van der Waals surface area (Å²) >= 11 is 0. The molecule has 1 aliphatic rings. The number of rotatable bonds is 9. The first kappa shape index (κ1) is 20.7. The van der Waals surface area contributed by atoms with Crippen molar-refractivity contribution in [3.05, 3.63) is 33.9 Å². The van der Waals surface area contributed by atoms with Crippen molar-refractivity contribution in [1.29, 1.82) is 0 Å². The lowest BCUT2D eigenvalue weighted by Gasteiger charge is -2.41. The lowest BCUT2D eigenvalue weighted by atomic mass is 9.79. The van der Waals surface area contributed by atoms with Crippen molar-refractivity contribution in [1.82, 2.24) is 0 Å². The minimum atomic E-state index is -1.18. The van der Waals surface area contributed by atoms with E-state index in [1.807, 2.05) is 27.7 Å². The average molecular weight is 365 g/mol. The van der Waals surface area contributed by atoms with E-state index in [1.165, 1.54) is 0 Å². The zero-order valence-corrected chi connectivity index (χ0v) is 16.2. The van der Waals surface area contributed by atoms with Crippen molar-refractivity contribution >= 4 is 12.6 Å². The largest absolute Gasteiger partial charge is 0.492 e. The second kappa shape index (κ2) is 7.94.